The van der Waals surface area contributed by atoms with Gasteiger partial charge in [-0.1, -0.05) is 31.2 Å². The van der Waals surface area contributed by atoms with E-state index in [1.54, 1.807) is 5.57 Å². The van der Waals surface area contributed by atoms with Crippen molar-refractivity contribution in [1.82, 2.24) is 14.8 Å². The zero-order valence-electron chi connectivity index (χ0n) is 22.8. The first-order valence-electron chi connectivity index (χ1n) is 14.9. The monoisotopic (exact) mass is 497 g/mol. The first-order chi connectivity index (χ1) is 18.0. The minimum absolute atomic E-state index is 0.00331. The van der Waals surface area contributed by atoms with E-state index in [1.165, 1.54) is 99.5 Å². The smallest absolute Gasteiger partial charge is 0.0966 e. The van der Waals surface area contributed by atoms with Crippen LogP contribution in [0.25, 0.3) is 10.8 Å². The van der Waals surface area contributed by atoms with Crippen LogP contribution in [-0.4, -0.2) is 65.3 Å². The van der Waals surface area contributed by atoms with Gasteiger partial charge in [0.2, 0.25) is 0 Å². The summed E-state index contributed by atoms with van der Waals surface area (Å²) in [5.74, 6) is 1.15. The predicted molar refractivity (Wildman–Crippen MR) is 151 cm³/mol. The van der Waals surface area contributed by atoms with Gasteiger partial charge in [0.05, 0.1) is 11.2 Å². The summed E-state index contributed by atoms with van der Waals surface area (Å²) in [6, 6.07) is 9.85. The van der Waals surface area contributed by atoms with Crippen molar-refractivity contribution in [2.24, 2.45) is 5.92 Å². The van der Waals surface area contributed by atoms with Gasteiger partial charge in [0.1, 0.15) is 0 Å². The number of aromatic nitrogens is 1. The molecule has 0 N–H and O–H groups in total. The molecular formula is C33H43N3O. The summed E-state index contributed by atoms with van der Waals surface area (Å²) in [4.78, 5) is 9.62. The van der Waals surface area contributed by atoms with Crippen LogP contribution in [0, 0.1) is 5.92 Å². The molecule has 2 saturated heterocycles. The van der Waals surface area contributed by atoms with Crippen molar-refractivity contribution in [3.8, 4) is 0 Å². The van der Waals surface area contributed by atoms with E-state index in [9.17, 15) is 0 Å². The first kappa shape index (κ1) is 24.1. The van der Waals surface area contributed by atoms with Gasteiger partial charge in [0.15, 0.2) is 0 Å². The summed E-state index contributed by atoms with van der Waals surface area (Å²) in [5.41, 5.74) is 4.54. The summed E-state index contributed by atoms with van der Waals surface area (Å²) < 4.78 is 7.44. The number of ether oxygens (including phenoxy) is 1. The standard InChI is InChI=1S/C33H43N3O/c1-24-6-7-25(27-9-8-26-12-15-34-23-28(26)20-27)4-3-5-30-21-29-10-11-31(36-18-16-35(2)17-19-36)22-32(29)13-14-33(24,30)37-32/h5,8-9,12,15,20-21,23-25,31H,3-4,6-7,10-11,13-14,16-19,22H2,1-2H3/b30-5-/t24-,25?,31?,32+,33-/m0/s1. The molecule has 2 spiro atoms. The highest BCUT2D eigenvalue weighted by Crippen LogP contribution is 2.59. The third-order valence-corrected chi connectivity index (χ3v) is 10.8. The molecule has 1 aromatic heterocycles. The maximum absolute atomic E-state index is 7.44. The fourth-order valence-electron chi connectivity index (χ4n) is 8.41. The summed E-state index contributed by atoms with van der Waals surface area (Å²) >= 11 is 0. The average Bonchev–Trinajstić information content (AvgIpc) is 3.27. The number of fused-ring (bicyclic) bond motifs is 1. The number of pyridine rings is 1. The number of hydrogen-bond acceptors (Lipinski definition) is 4. The maximum atomic E-state index is 7.44. The van der Waals surface area contributed by atoms with E-state index in [0.717, 1.165) is 6.42 Å². The Labute approximate surface area is 222 Å². The summed E-state index contributed by atoms with van der Waals surface area (Å²) in [7, 11) is 2.26. The Bertz CT molecular complexity index is 1230. The van der Waals surface area contributed by atoms with E-state index >= 15 is 0 Å². The van der Waals surface area contributed by atoms with E-state index in [2.05, 4.69) is 65.2 Å². The third kappa shape index (κ3) is 4.11. The van der Waals surface area contributed by atoms with Crippen LogP contribution < -0.4 is 0 Å². The van der Waals surface area contributed by atoms with Gasteiger partial charge in [-0.15, -0.1) is 0 Å². The normalized spacial score (nSPS) is 38.5. The Morgan fingerprint density at radius 3 is 2.76 bits per heavy atom. The molecule has 2 unspecified atom stereocenters. The molecule has 0 radical (unpaired) electrons. The highest BCUT2D eigenvalue weighted by molar-refractivity contribution is 5.82. The lowest BCUT2D eigenvalue weighted by atomic mass is 9.73. The Kier molecular flexibility index (Phi) is 6.06. The number of piperazine rings is 1. The van der Waals surface area contributed by atoms with Crippen molar-refractivity contribution in [1.29, 1.82) is 0 Å². The predicted octanol–water partition coefficient (Wildman–Crippen LogP) is 6.48. The molecule has 7 rings (SSSR count). The molecule has 4 heteroatoms. The number of nitrogens with zero attached hydrogens (tertiary/aromatic N) is 3. The molecule has 5 aliphatic rings. The highest BCUT2D eigenvalue weighted by Gasteiger charge is 2.59. The first-order valence-corrected chi connectivity index (χ1v) is 14.9. The Morgan fingerprint density at radius 1 is 0.973 bits per heavy atom. The van der Waals surface area contributed by atoms with E-state index in [1.807, 2.05) is 12.4 Å². The lowest BCUT2D eigenvalue weighted by Gasteiger charge is -2.50. The van der Waals surface area contributed by atoms with Gasteiger partial charge in [0.25, 0.3) is 0 Å². The van der Waals surface area contributed by atoms with Crippen LogP contribution in [0.3, 0.4) is 0 Å². The quantitative estimate of drug-likeness (QED) is 0.475. The summed E-state index contributed by atoms with van der Waals surface area (Å²) in [6.45, 7) is 7.33. The van der Waals surface area contributed by atoms with Crippen LogP contribution in [0.15, 0.2) is 60.0 Å². The Morgan fingerprint density at radius 2 is 1.86 bits per heavy atom. The number of allylic oxidation sites excluding steroid dienone is 1. The maximum Gasteiger partial charge on any atom is 0.0966 e. The molecule has 3 fully saturated rings. The second-order valence-corrected chi connectivity index (χ2v) is 12.8. The second kappa shape index (κ2) is 9.32. The average molecular weight is 498 g/mol. The second-order valence-electron chi connectivity index (χ2n) is 12.8. The minimum atomic E-state index is -0.0737. The van der Waals surface area contributed by atoms with E-state index in [0.29, 0.717) is 17.9 Å². The summed E-state index contributed by atoms with van der Waals surface area (Å²) in [5, 5.41) is 2.55. The molecule has 0 amide bonds. The van der Waals surface area contributed by atoms with Crippen LogP contribution in [0.1, 0.15) is 76.2 Å². The molecule has 1 saturated carbocycles. The van der Waals surface area contributed by atoms with Crippen LogP contribution in [0.5, 0.6) is 0 Å². The Balaban J connectivity index is 1.13. The summed E-state index contributed by atoms with van der Waals surface area (Å²) in [6.07, 6.45) is 20.1. The fourth-order valence-corrected chi connectivity index (χ4v) is 8.41. The van der Waals surface area contributed by atoms with Crippen molar-refractivity contribution in [2.45, 2.75) is 87.9 Å². The van der Waals surface area contributed by atoms with Crippen molar-refractivity contribution in [3.63, 3.8) is 0 Å². The molecular weight excluding hydrogens is 454 g/mol. The van der Waals surface area contributed by atoms with Crippen molar-refractivity contribution in [2.75, 3.05) is 33.2 Å². The van der Waals surface area contributed by atoms with Gasteiger partial charge in [-0.2, -0.15) is 0 Å². The Hall–Kier alpha value is -2.01. The molecule has 3 aliphatic heterocycles. The molecule has 5 atom stereocenters. The molecule has 1 aromatic carbocycles. The van der Waals surface area contributed by atoms with Gasteiger partial charge >= 0.3 is 0 Å². The van der Waals surface area contributed by atoms with Gasteiger partial charge in [0, 0.05) is 50.0 Å². The SMILES string of the molecule is C[C@H]1CCC(c2ccc3ccncc3c2)CC/C=C2/C=C3CCC(N4CCN(C)CC4)C[C@]34CC[C@@]21O4. The van der Waals surface area contributed by atoms with Gasteiger partial charge in [-0.3, -0.25) is 9.88 Å². The van der Waals surface area contributed by atoms with E-state index < -0.39 is 0 Å². The largest absolute Gasteiger partial charge is 0.359 e. The van der Waals surface area contributed by atoms with Crippen LogP contribution >= 0.6 is 0 Å². The molecule has 4 heterocycles. The molecule has 2 aromatic rings. The van der Waals surface area contributed by atoms with Crippen molar-refractivity contribution < 1.29 is 4.74 Å². The van der Waals surface area contributed by atoms with Gasteiger partial charge < -0.3 is 9.64 Å². The van der Waals surface area contributed by atoms with Crippen LogP contribution in [0.4, 0.5) is 0 Å². The zero-order chi connectivity index (χ0) is 25.0. The van der Waals surface area contributed by atoms with Crippen molar-refractivity contribution in [3.05, 3.63) is 65.5 Å². The molecule has 4 nitrogen and oxygen atoms in total. The lowest BCUT2D eigenvalue weighted by Crippen LogP contribution is -2.55. The third-order valence-electron chi connectivity index (χ3n) is 10.8. The van der Waals surface area contributed by atoms with Crippen LogP contribution in [0.2, 0.25) is 0 Å². The highest BCUT2D eigenvalue weighted by atomic mass is 16.5. The van der Waals surface area contributed by atoms with Gasteiger partial charge in [-0.05, 0) is 111 Å². The number of rotatable bonds is 2. The number of likely N-dealkylation sites (N-methyl/N-ethyl adjacent to an activating group) is 1. The van der Waals surface area contributed by atoms with Crippen molar-refractivity contribution >= 4 is 10.8 Å². The topological polar surface area (TPSA) is 28.6 Å². The van der Waals surface area contributed by atoms with E-state index in [-0.39, 0.29) is 11.2 Å². The van der Waals surface area contributed by atoms with Crippen LogP contribution in [-0.2, 0) is 4.74 Å². The van der Waals surface area contributed by atoms with E-state index in [4.69, 9.17) is 4.74 Å². The molecule has 2 bridgehead atoms. The minimum Gasteiger partial charge on any atom is -0.359 e. The zero-order valence-corrected chi connectivity index (χ0v) is 22.8. The molecule has 2 aliphatic carbocycles. The number of benzene rings is 1. The lowest BCUT2D eigenvalue weighted by molar-refractivity contribution is -0.118. The number of hydrogen-bond donors (Lipinski definition) is 0. The molecule has 196 valence electrons. The van der Waals surface area contributed by atoms with Gasteiger partial charge in [-0.25, -0.2) is 0 Å². The fraction of sp³-hybridized carbons (Fsp3) is 0.606. The molecule has 37 heavy (non-hydrogen) atoms.